The van der Waals surface area contributed by atoms with E-state index in [0.29, 0.717) is 12.1 Å². The molecule has 2 unspecified atom stereocenters. The molecule has 0 amide bonds. The second-order valence-corrected chi connectivity index (χ2v) is 8.70. The zero-order valence-electron chi connectivity index (χ0n) is 19.1. The fourth-order valence-electron chi connectivity index (χ4n) is 3.59. The van der Waals surface area contributed by atoms with Crippen LogP contribution in [0.4, 0.5) is 0 Å². The van der Waals surface area contributed by atoms with E-state index < -0.39 is 0 Å². The maximum Gasteiger partial charge on any atom is 0.129 e. The van der Waals surface area contributed by atoms with Crippen molar-refractivity contribution >= 4 is 5.78 Å². The van der Waals surface area contributed by atoms with Crippen molar-refractivity contribution in [1.29, 1.82) is 0 Å². The van der Waals surface area contributed by atoms with Crippen LogP contribution in [-0.2, 0) is 16.0 Å². The number of rotatable bonds is 7. The molecule has 160 valence electrons. The van der Waals surface area contributed by atoms with Crippen LogP contribution in [0.3, 0.4) is 0 Å². The van der Waals surface area contributed by atoms with Crippen LogP contribution in [-0.4, -0.2) is 23.7 Å². The fourth-order valence-corrected chi connectivity index (χ4v) is 3.59. The molecule has 3 nitrogen and oxygen atoms in total. The Labute approximate surface area is 173 Å². The Bertz CT molecular complexity index is 537. The Balaban J connectivity index is 0.000000222. The van der Waals surface area contributed by atoms with Gasteiger partial charge in [0.05, 0.1) is 6.10 Å². The second kappa shape index (κ2) is 13.1. The van der Waals surface area contributed by atoms with E-state index in [0.717, 1.165) is 25.2 Å². The summed E-state index contributed by atoms with van der Waals surface area (Å²) in [5, 5.41) is 3.51. The van der Waals surface area contributed by atoms with E-state index in [9.17, 15) is 4.79 Å². The maximum atomic E-state index is 10.0. The van der Waals surface area contributed by atoms with Crippen molar-refractivity contribution in [1.82, 2.24) is 5.32 Å². The largest absolute Gasteiger partial charge is 0.356 e. The molecule has 0 aromatic heterocycles. The molecule has 0 bridgehead atoms. The van der Waals surface area contributed by atoms with Gasteiger partial charge in [0.25, 0.3) is 0 Å². The summed E-state index contributed by atoms with van der Waals surface area (Å²) in [7, 11) is 0. The molecule has 0 spiro atoms. The van der Waals surface area contributed by atoms with Crippen molar-refractivity contribution in [2.75, 3.05) is 0 Å². The Morgan fingerprint density at radius 2 is 1.75 bits per heavy atom. The highest BCUT2D eigenvalue weighted by atomic mass is 16.5. The van der Waals surface area contributed by atoms with E-state index in [2.05, 4.69) is 63.3 Å². The number of hydrogen-bond donors (Lipinski definition) is 1. The number of carbonyl (C=O) groups excluding carboxylic acids is 1. The van der Waals surface area contributed by atoms with Crippen molar-refractivity contribution in [2.45, 2.75) is 111 Å². The number of hydrogen-bond acceptors (Lipinski definition) is 3. The first kappa shape index (κ1) is 24.8. The van der Waals surface area contributed by atoms with Crippen LogP contribution in [0.25, 0.3) is 0 Å². The summed E-state index contributed by atoms with van der Waals surface area (Å²) in [6.07, 6.45) is 9.91. The molecule has 3 rings (SSSR count). The molecule has 2 aliphatic rings. The quantitative estimate of drug-likeness (QED) is 0.594. The lowest BCUT2D eigenvalue weighted by atomic mass is 10.0. The smallest absolute Gasteiger partial charge is 0.129 e. The van der Waals surface area contributed by atoms with Crippen LogP contribution < -0.4 is 5.32 Å². The molecule has 2 fully saturated rings. The predicted octanol–water partition coefficient (Wildman–Crippen LogP) is 6.30. The predicted molar refractivity (Wildman–Crippen MR) is 120 cm³/mol. The van der Waals surface area contributed by atoms with Crippen LogP contribution in [0, 0.1) is 5.92 Å². The topological polar surface area (TPSA) is 38.3 Å². The summed E-state index contributed by atoms with van der Waals surface area (Å²) in [4.78, 5) is 10.0. The molecule has 1 aromatic carbocycles. The van der Waals surface area contributed by atoms with Crippen LogP contribution in [0.5, 0.6) is 0 Å². The fraction of sp³-hybridized carbons (Fsp3) is 0.720. The van der Waals surface area contributed by atoms with E-state index in [1.165, 1.54) is 37.7 Å². The first-order valence-corrected chi connectivity index (χ1v) is 11.3. The number of ether oxygens (including phenoxy) is 1. The molecule has 1 aliphatic heterocycles. The van der Waals surface area contributed by atoms with Crippen LogP contribution in [0.2, 0.25) is 0 Å². The molecule has 0 radical (unpaired) electrons. The van der Waals surface area contributed by atoms with Gasteiger partial charge in [-0.1, -0.05) is 57.5 Å². The second-order valence-electron chi connectivity index (χ2n) is 8.70. The van der Waals surface area contributed by atoms with E-state index in [1.54, 1.807) is 6.92 Å². The van der Waals surface area contributed by atoms with Gasteiger partial charge in [-0.05, 0) is 70.8 Å². The lowest BCUT2D eigenvalue weighted by molar-refractivity contribution is -0.117. The van der Waals surface area contributed by atoms with Gasteiger partial charge in [0.2, 0.25) is 0 Å². The van der Waals surface area contributed by atoms with E-state index in [1.807, 2.05) is 6.92 Å². The Morgan fingerprint density at radius 1 is 1.11 bits per heavy atom. The summed E-state index contributed by atoms with van der Waals surface area (Å²) in [5.74, 6) is 1.31. The van der Waals surface area contributed by atoms with Gasteiger partial charge in [0, 0.05) is 12.5 Å². The van der Waals surface area contributed by atoms with Crippen LogP contribution >= 0.6 is 0 Å². The summed E-state index contributed by atoms with van der Waals surface area (Å²) in [5.41, 5.74) is 1.39. The number of nitrogens with one attached hydrogen (secondary N) is 1. The minimum atomic E-state index is -0.111. The number of Topliss-reactive ketones (excluding diaryl/α,β-unsaturated/α-hetero) is 1. The van der Waals surface area contributed by atoms with E-state index in [-0.39, 0.29) is 11.5 Å². The molecule has 1 aromatic rings. The summed E-state index contributed by atoms with van der Waals surface area (Å²) < 4.78 is 5.85. The van der Waals surface area contributed by atoms with Gasteiger partial charge in [-0.3, -0.25) is 5.32 Å². The van der Waals surface area contributed by atoms with Gasteiger partial charge >= 0.3 is 0 Å². The minimum Gasteiger partial charge on any atom is -0.356 e. The van der Waals surface area contributed by atoms with Gasteiger partial charge in [0.15, 0.2) is 0 Å². The summed E-state index contributed by atoms with van der Waals surface area (Å²) in [6.45, 7) is 12.2. The van der Waals surface area contributed by atoms with Gasteiger partial charge in [-0.15, -0.1) is 0 Å². The normalized spacial score (nSPS) is 22.5. The van der Waals surface area contributed by atoms with Gasteiger partial charge < -0.3 is 9.53 Å². The first-order chi connectivity index (χ1) is 13.3. The average molecular weight is 390 g/mol. The molecular formula is C25H43NO2. The Kier molecular flexibility index (Phi) is 11.6. The molecule has 1 saturated heterocycles. The van der Waals surface area contributed by atoms with Crippen molar-refractivity contribution in [3.8, 4) is 0 Å². The SMILES string of the molecule is CCCC(C)=O.CCCC1NC(C)(C)OC1CC.c1ccc(CC2CC2)cc1. The molecule has 2 atom stereocenters. The Morgan fingerprint density at radius 3 is 2.18 bits per heavy atom. The van der Waals surface area contributed by atoms with Gasteiger partial charge in [0.1, 0.15) is 11.5 Å². The van der Waals surface area contributed by atoms with Gasteiger partial charge in [-0.2, -0.15) is 0 Å². The molecular weight excluding hydrogens is 346 g/mol. The zero-order chi connectivity index (χ0) is 21.0. The van der Waals surface area contributed by atoms with E-state index in [4.69, 9.17) is 4.74 Å². The standard InChI is InChI=1S/C10H21NO.C10H12.C5H10O/c1-5-7-8-9(6-2)12-10(3,4)11-8;1-2-4-9(5-3-1)8-10-6-7-10;1-3-4-5(2)6/h8-9,11H,5-7H2,1-4H3;1-5,10H,6-8H2;3-4H2,1-2H3. The molecule has 1 saturated carbocycles. The van der Waals surface area contributed by atoms with Crippen molar-refractivity contribution in [3.63, 3.8) is 0 Å². The average Bonchev–Trinajstić information content (AvgIpc) is 3.39. The lowest BCUT2D eigenvalue weighted by Gasteiger charge is -2.17. The van der Waals surface area contributed by atoms with Crippen molar-refractivity contribution in [3.05, 3.63) is 35.9 Å². The number of benzene rings is 1. The third kappa shape index (κ3) is 11.0. The highest BCUT2D eigenvalue weighted by molar-refractivity contribution is 5.75. The number of carbonyl (C=O) groups is 1. The molecule has 1 aliphatic carbocycles. The molecule has 28 heavy (non-hydrogen) atoms. The van der Waals surface area contributed by atoms with Crippen molar-refractivity contribution in [2.24, 2.45) is 5.92 Å². The van der Waals surface area contributed by atoms with Crippen molar-refractivity contribution < 1.29 is 9.53 Å². The van der Waals surface area contributed by atoms with Gasteiger partial charge in [-0.25, -0.2) is 0 Å². The maximum absolute atomic E-state index is 10.0. The monoisotopic (exact) mass is 389 g/mol. The molecule has 1 heterocycles. The number of ketones is 1. The lowest BCUT2D eigenvalue weighted by Crippen LogP contribution is -2.38. The highest BCUT2D eigenvalue weighted by Gasteiger charge is 2.37. The van der Waals surface area contributed by atoms with Crippen LogP contribution in [0.1, 0.15) is 92.1 Å². The van der Waals surface area contributed by atoms with Crippen LogP contribution in [0.15, 0.2) is 30.3 Å². The highest BCUT2D eigenvalue weighted by Crippen LogP contribution is 2.32. The zero-order valence-corrected chi connectivity index (χ0v) is 19.1. The Hall–Kier alpha value is -1.19. The third-order valence-electron chi connectivity index (χ3n) is 5.10. The minimum absolute atomic E-state index is 0.111. The summed E-state index contributed by atoms with van der Waals surface area (Å²) in [6, 6.07) is 11.3. The molecule has 1 N–H and O–H groups in total. The third-order valence-corrected chi connectivity index (χ3v) is 5.10. The molecule has 3 heteroatoms. The summed E-state index contributed by atoms with van der Waals surface area (Å²) >= 11 is 0. The van der Waals surface area contributed by atoms with E-state index >= 15 is 0 Å². The first-order valence-electron chi connectivity index (χ1n) is 11.3.